The number of aromatic nitrogens is 2. The van der Waals surface area contributed by atoms with Crippen LogP contribution in [0.25, 0.3) is 56.0 Å². The van der Waals surface area contributed by atoms with E-state index in [0.29, 0.717) is 0 Å². The van der Waals surface area contributed by atoms with Gasteiger partial charge in [-0.2, -0.15) is 0 Å². The second-order valence-electron chi connectivity index (χ2n) is 12.5. The maximum Gasteiger partial charge on any atom is 0.119 e. The molecule has 2 aliphatic carbocycles. The third-order valence-corrected chi connectivity index (χ3v) is 10.1. The summed E-state index contributed by atoms with van der Waals surface area (Å²) in [5.74, 6) is 1.62. The lowest BCUT2D eigenvalue weighted by Crippen LogP contribution is -2.25. The average molecular weight is 621 g/mol. The maximum absolute atomic E-state index is 5.54. The minimum absolute atomic E-state index is 0.438. The Morgan fingerprint density at radius 2 is 1.00 bits per heavy atom. The molecule has 4 heteroatoms. The van der Waals surface area contributed by atoms with Gasteiger partial charge >= 0.3 is 0 Å². The van der Waals surface area contributed by atoms with Crippen LogP contribution < -0.4 is 9.47 Å². The molecule has 7 aromatic rings. The molecule has 9 rings (SSSR count). The van der Waals surface area contributed by atoms with Crippen molar-refractivity contribution < 1.29 is 9.47 Å². The van der Waals surface area contributed by atoms with Crippen molar-refractivity contribution in [3.8, 4) is 67.5 Å². The molecule has 1 heterocycles. The molecule has 0 saturated carbocycles. The predicted octanol–water partition coefficient (Wildman–Crippen LogP) is 10.1. The van der Waals surface area contributed by atoms with Gasteiger partial charge in [-0.1, -0.05) is 84.9 Å². The van der Waals surface area contributed by atoms with Gasteiger partial charge in [-0.05, 0) is 106 Å². The first kappa shape index (κ1) is 28.2. The quantitative estimate of drug-likeness (QED) is 0.192. The predicted molar refractivity (Wildman–Crippen MR) is 192 cm³/mol. The van der Waals surface area contributed by atoms with Crippen molar-refractivity contribution in [1.82, 2.24) is 9.97 Å². The van der Waals surface area contributed by atoms with Crippen LogP contribution in [0.1, 0.15) is 27.8 Å². The Morgan fingerprint density at radius 1 is 0.479 bits per heavy atom. The van der Waals surface area contributed by atoms with Crippen LogP contribution in [0.3, 0.4) is 0 Å². The molecule has 230 valence electrons. The number of ether oxygens (including phenoxy) is 2. The van der Waals surface area contributed by atoms with Crippen LogP contribution in [0.15, 0.2) is 140 Å². The van der Waals surface area contributed by atoms with Crippen LogP contribution in [-0.4, -0.2) is 24.2 Å². The third kappa shape index (κ3) is 3.96. The Kier molecular flexibility index (Phi) is 6.34. The largest absolute Gasteiger partial charge is 0.497 e. The van der Waals surface area contributed by atoms with E-state index in [0.717, 1.165) is 50.8 Å². The lowest BCUT2D eigenvalue weighted by Gasteiger charge is -2.30. The zero-order chi connectivity index (χ0) is 32.4. The summed E-state index contributed by atoms with van der Waals surface area (Å²) in [6, 6.07) is 47.7. The molecule has 6 aromatic carbocycles. The molecule has 0 N–H and O–H groups in total. The number of methoxy groups -OCH3 is 2. The third-order valence-electron chi connectivity index (χ3n) is 10.1. The summed E-state index contributed by atoms with van der Waals surface area (Å²) in [5, 5.41) is 0. The second kappa shape index (κ2) is 10.8. The maximum atomic E-state index is 5.54. The van der Waals surface area contributed by atoms with Gasteiger partial charge < -0.3 is 9.47 Å². The van der Waals surface area contributed by atoms with E-state index >= 15 is 0 Å². The van der Waals surface area contributed by atoms with Gasteiger partial charge in [-0.25, -0.2) is 4.98 Å². The molecule has 1 aromatic heterocycles. The highest BCUT2D eigenvalue weighted by Gasteiger charge is 2.51. The van der Waals surface area contributed by atoms with Crippen LogP contribution in [0, 0.1) is 6.92 Å². The van der Waals surface area contributed by atoms with Crippen LogP contribution >= 0.6 is 0 Å². The highest BCUT2D eigenvalue weighted by molar-refractivity contribution is 5.96. The molecule has 0 fully saturated rings. The van der Waals surface area contributed by atoms with Crippen molar-refractivity contribution in [2.75, 3.05) is 14.2 Å². The van der Waals surface area contributed by atoms with E-state index in [1.54, 1.807) is 14.2 Å². The zero-order valence-electron chi connectivity index (χ0n) is 27.0. The molecule has 0 bridgehead atoms. The van der Waals surface area contributed by atoms with Crippen molar-refractivity contribution in [2.24, 2.45) is 0 Å². The van der Waals surface area contributed by atoms with E-state index in [1.807, 2.05) is 36.5 Å². The fourth-order valence-corrected chi connectivity index (χ4v) is 7.96. The minimum atomic E-state index is -0.438. The fourth-order valence-electron chi connectivity index (χ4n) is 7.96. The molecule has 0 unspecified atom stereocenters. The highest BCUT2D eigenvalue weighted by atomic mass is 16.5. The molecule has 0 amide bonds. The summed E-state index contributed by atoms with van der Waals surface area (Å²) in [5.41, 5.74) is 16.5. The summed E-state index contributed by atoms with van der Waals surface area (Å²) in [6.45, 7) is 2.10. The van der Waals surface area contributed by atoms with Gasteiger partial charge in [0.15, 0.2) is 0 Å². The number of hydrogen-bond acceptors (Lipinski definition) is 4. The van der Waals surface area contributed by atoms with Crippen LogP contribution in [-0.2, 0) is 5.41 Å². The van der Waals surface area contributed by atoms with E-state index in [-0.39, 0.29) is 0 Å². The summed E-state index contributed by atoms with van der Waals surface area (Å²) in [6.07, 6.45) is 1.87. The summed E-state index contributed by atoms with van der Waals surface area (Å²) >= 11 is 0. The first-order chi connectivity index (χ1) is 23.6. The Morgan fingerprint density at radius 3 is 1.58 bits per heavy atom. The molecule has 2 aliphatic rings. The highest BCUT2D eigenvalue weighted by Crippen LogP contribution is 2.63. The molecule has 48 heavy (non-hydrogen) atoms. The first-order valence-corrected chi connectivity index (χ1v) is 16.2. The van der Waals surface area contributed by atoms with Gasteiger partial charge in [0.1, 0.15) is 11.5 Å². The molecule has 0 aliphatic heterocycles. The topological polar surface area (TPSA) is 44.2 Å². The second-order valence-corrected chi connectivity index (χ2v) is 12.5. The first-order valence-electron chi connectivity index (χ1n) is 16.2. The lowest BCUT2D eigenvalue weighted by molar-refractivity contribution is 0.414. The normalized spacial score (nSPS) is 13.1. The van der Waals surface area contributed by atoms with Crippen molar-refractivity contribution in [1.29, 1.82) is 0 Å². The smallest absolute Gasteiger partial charge is 0.119 e. The van der Waals surface area contributed by atoms with E-state index in [2.05, 4.69) is 110 Å². The van der Waals surface area contributed by atoms with Crippen molar-refractivity contribution in [3.05, 3.63) is 167 Å². The average Bonchev–Trinajstić information content (AvgIpc) is 3.62. The Labute approximate surface area is 280 Å². The zero-order valence-corrected chi connectivity index (χ0v) is 27.0. The van der Waals surface area contributed by atoms with Gasteiger partial charge in [-0.15, -0.1) is 0 Å². The van der Waals surface area contributed by atoms with E-state index < -0.39 is 5.41 Å². The van der Waals surface area contributed by atoms with Crippen molar-refractivity contribution in [2.45, 2.75) is 12.3 Å². The Balaban J connectivity index is 1.32. The molecule has 1 spiro atoms. The SMILES string of the molecule is COc1ccc(-c2cnc(-c3ccc(OC)cc3C)c(-c3ccc4c(c3)C3(c5ccccc5-c5ccccc53)c3ccccc3-4)n2)cc1. The van der Waals surface area contributed by atoms with Gasteiger partial charge in [0.25, 0.3) is 0 Å². The van der Waals surface area contributed by atoms with E-state index in [9.17, 15) is 0 Å². The van der Waals surface area contributed by atoms with Gasteiger partial charge in [0.05, 0.1) is 42.9 Å². The molecule has 0 saturated heterocycles. The Bertz CT molecular complexity index is 2330. The standard InChI is InChI=1S/C44H32N2O2/c1-27-24-31(48-3)21-23-32(27)43-42(46-41(26-45-43)28-16-19-30(47-2)20-17-28)29-18-22-36-35-12-6-9-15-39(35)44(40(36)25-29)37-13-7-4-10-33(37)34-11-5-8-14-38(34)44/h4-26H,1-3H3. The van der Waals surface area contributed by atoms with E-state index in [4.69, 9.17) is 19.4 Å². The molecule has 0 radical (unpaired) electrons. The lowest BCUT2D eigenvalue weighted by atomic mass is 9.70. The molecular formula is C44H32N2O2. The molecule has 4 nitrogen and oxygen atoms in total. The molecule has 0 atom stereocenters. The van der Waals surface area contributed by atoms with Crippen LogP contribution in [0.2, 0.25) is 0 Å². The number of aryl methyl sites for hydroxylation is 1. The van der Waals surface area contributed by atoms with E-state index in [1.165, 1.54) is 44.5 Å². The number of rotatable bonds is 5. The monoisotopic (exact) mass is 620 g/mol. The summed E-state index contributed by atoms with van der Waals surface area (Å²) in [4.78, 5) is 10.5. The summed E-state index contributed by atoms with van der Waals surface area (Å²) in [7, 11) is 3.37. The van der Waals surface area contributed by atoms with Crippen molar-refractivity contribution in [3.63, 3.8) is 0 Å². The van der Waals surface area contributed by atoms with Gasteiger partial charge in [-0.3, -0.25) is 4.98 Å². The van der Waals surface area contributed by atoms with Gasteiger partial charge in [0.2, 0.25) is 0 Å². The van der Waals surface area contributed by atoms with Crippen LogP contribution in [0.4, 0.5) is 0 Å². The van der Waals surface area contributed by atoms with Crippen LogP contribution in [0.5, 0.6) is 11.5 Å². The number of fused-ring (bicyclic) bond motifs is 10. The number of benzene rings is 6. The number of nitrogens with zero attached hydrogens (tertiary/aromatic N) is 2. The van der Waals surface area contributed by atoms with Gasteiger partial charge in [0, 0.05) is 16.7 Å². The van der Waals surface area contributed by atoms with Crippen molar-refractivity contribution >= 4 is 0 Å². The fraction of sp³-hybridized carbons (Fsp3) is 0.0909. The number of hydrogen-bond donors (Lipinski definition) is 0. The summed E-state index contributed by atoms with van der Waals surface area (Å²) < 4.78 is 11.0. The minimum Gasteiger partial charge on any atom is -0.497 e. The molecular weight excluding hydrogens is 588 g/mol. The Hall–Kier alpha value is -6.00.